The fraction of sp³-hybridized carbons (Fsp3) is 0.213. The van der Waals surface area contributed by atoms with Gasteiger partial charge in [-0.3, -0.25) is 4.98 Å². The average molecular weight is 983 g/mol. The van der Waals surface area contributed by atoms with Gasteiger partial charge in [0.15, 0.2) is 11.3 Å². The van der Waals surface area contributed by atoms with E-state index in [4.69, 9.17) is 31.5 Å². The van der Waals surface area contributed by atoms with Crippen LogP contribution in [0.3, 0.4) is 0 Å². The van der Waals surface area contributed by atoms with Gasteiger partial charge in [-0.25, -0.2) is 20.0 Å². The molecule has 0 spiro atoms. The number of aromatic nitrogens is 9. The Balaban J connectivity index is 1.12. The van der Waals surface area contributed by atoms with E-state index < -0.39 is 20.0 Å². The molecule has 22 heteroatoms. The van der Waals surface area contributed by atoms with Crippen LogP contribution in [0.25, 0.3) is 33.0 Å². The lowest BCUT2D eigenvalue weighted by molar-refractivity contribution is 0.485. The van der Waals surface area contributed by atoms with Crippen LogP contribution in [0.5, 0.6) is 0 Å². The second kappa shape index (κ2) is 17.7. The lowest BCUT2D eigenvalue weighted by atomic mass is 10.2. The molecule has 11 rings (SSSR count). The Hall–Kier alpha value is -7.30. The molecule has 0 aliphatic carbocycles. The highest BCUT2D eigenvalue weighted by Gasteiger charge is 2.32. The van der Waals surface area contributed by atoms with Gasteiger partial charge in [0.05, 0.1) is 45.1 Å². The largest absolute Gasteiger partial charge is 0.369 e. The van der Waals surface area contributed by atoms with E-state index in [2.05, 4.69) is 49.5 Å². The first-order chi connectivity index (χ1) is 33.4. The summed E-state index contributed by atoms with van der Waals surface area (Å²) in [5.74, 6) is 0.0220. The molecular formula is C47H44ClN15O4S2. The lowest BCUT2D eigenvalue weighted by Crippen LogP contribution is -2.49. The van der Waals surface area contributed by atoms with Crippen LogP contribution >= 0.6 is 11.6 Å². The number of nitrogens with zero attached hydrogens (tertiary/aromatic N) is 13. The van der Waals surface area contributed by atoms with Crippen LogP contribution in [-0.4, -0.2) is 111 Å². The van der Waals surface area contributed by atoms with Crippen LogP contribution in [0, 0.1) is 0 Å². The normalized spacial score (nSPS) is 16.9. The van der Waals surface area contributed by atoms with Gasteiger partial charge in [-0.15, -0.1) is 8.17 Å². The number of halogens is 1. The van der Waals surface area contributed by atoms with Crippen molar-refractivity contribution in [3.63, 3.8) is 0 Å². The van der Waals surface area contributed by atoms with E-state index in [9.17, 15) is 16.8 Å². The molecule has 0 radical (unpaired) electrons. The van der Waals surface area contributed by atoms with Gasteiger partial charge in [0.2, 0.25) is 0 Å². The van der Waals surface area contributed by atoms with Gasteiger partial charge in [0, 0.05) is 86.7 Å². The van der Waals surface area contributed by atoms with E-state index >= 15 is 0 Å². The van der Waals surface area contributed by atoms with Crippen LogP contribution in [0.2, 0.25) is 5.02 Å². The van der Waals surface area contributed by atoms with E-state index in [1.54, 1.807) is 52.6 Å². The summed E-state index contributed by atoms with van der Waals surface area (Å²) in [6.45, 7) is 9.16. The molecule has 0 unspecified atom stereocenters. The van der Waals surface area contributed by atoms with Crippen LogP contribution in [0.4, 0.5) is 34.6 Å². The monoisotopic (exact) mass is 981 g/mol. The Morgan fingerprint density at radius 3 is 1.58 bits per heavy atom. The third-order valence-electron chi connectivity index (χ3n) is 12.2. The fourth-order valence-corrected chi connectivity index (χ4v) is 12.0. The number of anilines is 6. The molecule has 2 atom stereocenters. The smallest absolute Gasteiger partial charge is 0.287 e. The zero-order valence-electron chi connectivity index (χ0n) is 37.2. The van der Waals surface area contributed by atoms with Crippen LogP contribution < -0.4 is 30.5 Å². The molecule has 2 saturated heterocycles. The summed E-state index contributed by atoms with van der Waals surface area (Å²) in [6.07, 6.45) is 7.30. The maximum Gasteiger partial charge on any atom is 0.287 e. The van der Waals surface area contributed by atoms with E-state index in [1.165, 1.54) is 43.0 Å². The predicted octanol–water partition coefficient (Wildman–Crippen LogP) is 6.13. The number of nitrogens with one attached hydrogen (secondary N) is 2. The van der Waals surface area contributed by atoms with Crippen molar-refractivity contribution in [2.24, 2.45) is 0 Å². The third kappa shape index (κ3) is 8.10. The summed E-state index contributed by atoms with van der Waals surface area (Å²) in [4.78, 5) is 28.4. The number of rotatable bonds is 11. The van der Waals surface area contributed by atoms with Crippen molar-refractivity contribution in [3.8, 4) is 0 Å². The molecule has 0 bridgehead atoms. The molecule has 7 heterocycles. The highest BCUT2D eigenvalue weighted by Crippen LogP contribution is 2.37. The Morgan fingerprint density at radius 1 is 0.565 bits per heavy atom. The summed E-state index contributed by atoms with van der Waals surface area (Å²) in [6, 6.07) is 30.8. The Labute approximate surface area is 402 Å². The first-order valence-electron chi connectivity index (χ1n) is 22.2. The van der Waals surface area contributed by atoms with Gasteiger partial charge in [0.1, 0.15) is 9.79 Å². The summed E-state index contributed by atoms with van der Waals surface area (Å²) >= 11 is 6.45. The molecule has 2 aliphatic heterocycles. The molecule has 2 aliphatic rings. The molecular weight excluding hydrogens is 938 g/mol. The van der Waals surface area contributed by atoms with Crippen LogP contribution in [-0.2, 0) is 20.0 Å². The number of para-hydroxylation sites is 1. The Morgan fingerprint density at radius 2 is 1.06 bits per heavy atom. The minimum absolute atomic E-state index is 0.00670. The van der Waals surface area contributed by atoms with Gasteiger partial charge in [-0.1, -0.05) is 41.9 Å². The summed E-state index contributed by atoms with van der Waals surface area (Å²) in [5, 5.41) is 20.3. The average Bonchev–Trinajstić information content (AvgIpc) is 4.01. The maximum atomic E-state index is 14.7. The fourth-order valence-electron chi connectivity index (χ4n) is 8.84. The van der Waals surface area contributed by atoms with Gasteiger partial charge in [0.25, 0.3) is 31.9 Å². The molecule has 4 aromatic carbocycles. The minimum atomic E-state index is -4.39. The number of benzene rings is 4. The lowest BCUT2D eigenvalue weighted by Gasteiger charge is -2.37. The second-order valence-electron chi connectivity index (χ2n) is 16.9. The van der Waals surface area contributed by atoms with E-state index in [0.29, 0.717) is 27.5 Å². The van der Waals surface area contributed by atoms with E-state index in [-0.39, 0.29) is 55.6 Å². The zero-order valence-corrected chi connectivity index (χ0v) is 39.6. The summed E-state index contributed by atoms with van der Waals surface area (Å²) < 4.78 is 59.6. The summed E-state index contributed by atoms with van der Waals surface area (Å²) in [5.41, 5.74) is 3.30. The number of pyridine rings is 1. The molecule has 2 N–H and O–H groups in total. The second-order valence-corrected chi connectivity index (χ2v) is 20.8. The van der Waals surface area contributed by atoms with Gasteiger partial charge < -0.3 is 20.4 Å². The van der Waals surface area contributed by atoms with Crippen molar-refractivity contribution >= 4 is 99.3 Å². The van der Waals surface area contributed by atoms with Crippen molar-refractivity contribution in [1.29, 1.82) is 0 Å². The zero-order chi connectivity index (χ0) is 47.4. The van der Waals surface area contributed by atoms with Gasteiger partial charge in [-0.05, 0) is 86.6 Å². The molecule has 19 nitrogen and oxygen atoms in total. The SMILES string of the molecule is C[C@@H]1CN(c2ccc(N(c3ncc4cnn(S(=O)(=O)c5ccccc5Cl)c4n3)N(c3ccc(N4CCN[C@H](C)C4)cc3)c3ncc4cnn(S(=O)(=O)c5cccc6cccnc56)c4n3)cc2)CCN1. The minimum Gasteiger partial charge on any atom is -0.369 e. The maximum absolute atomic E-state index is 14.7. The highest BCUT2D eigenvalue weighted by atomic mass is 35.5. The molecule has 5 aromatic heterocycles. The Kier molecular flexibility index (Phi) is 11.3. The molecule has 2 fully saturated rings. The predicted molar refractivity (Wildman–Crippen MR) is 266 cm³/mol. The number of piperazine rings is 2. The quantitative estimate of drug-likeness (QED) is 0.140. The van der Waals surface area contributed by atoms with E-state index in [0.717, 1.165) is 58.8 Å². The standard InChI is InChI=1S/C47H44ClN15O4S2/c1-31-29-58(23-21-49-31)36-12-16-38(17-13-36)60(46-52-25-34-27-54-62(44(34)56-46)68(64,65)41-10-4-3-9-40(41)48)61(39-18-14-37(15-19-39)59-24-22-50-32(2)30-59)47-53-26-35-28-55-63(45(35)57-47)69(66,67)42-11-5-7-33-8-6-20-51-43(33)42/h3-20,25-28,31-32,49-50H,21-24,29-30H2,1-2H3/t31-,32-/m1/s1. The van der Waals surface area contributed by atoms with Crippen molar-refractivity contribution in [1.82, 2.24) is 53.9 Å². The van der Waals surface area contributed by atoms with Crippen molar-refractivity contribution in [3.05, 3.63) is 139 Å². The van der Waals surface area contributed by atoms with E-state index in [1.807, 2.05) is 48.5 Å². The molecule has 9 aromatic rings. The molecule has 0 saturated carbocycles. The number of fused-ring (bicyclic) bond motifs is 3. The van der Waals surface area contributed by atoms with Gasteiger partial charge >= 0.3 is 0 Å². The van der Waals surface area contributed by atoms with Crippen LogP contribution in [0.1, 0.15) is 13.8 Å². The first-order valence-corrected chi connectivity index (χ1v) is 25.5. The number of hydrogen-bond donors (Lipinski definition) is 2. The van der Waals surface area contributed by atoms with Crippen molar-refractivity contribution in [2.45, 2.75) is 35.7 Å². The van der Waals surface area contributed by atoms with Gasteiger partial charge in [-0.2, -0.15) is 37.0 Å². The molecule has 350 valence electrons. The topological polar surface area (TPSA) is 205 Å². The highest BCUT2D eigenvalue weighted by molar-refractivity contribution is 7.90. The third-order valence-corrected chi connectivity index (χ3v) is 15.9. The first kappa shape index (κ1) is 44.2. The number of hydrogen-bond acceptors (Lipinski definition) is 17. The number of hydrazine groups is 1. The summed E-state index contributed by atoms with van der Waals surface area (Å²) in [7, 11) is -8.75. The van der Waals surface area contributed by atoms with Crippen molar-refractivity contribution in [2.75, 3.05) is 59.1 Å². The van der Waals surface area contributed by atoms with Crippen LogP contribution in [0.15, 0.2) is 144 Å². The Bertz CT molecular complexity index is 3610. The molecule has 0 amide bonds. The molecule has 69 heavy (non-hydrogen) atoms. The van der Waals surface area contributed by atoms with Crippen molar-refractivity contribution < 1.29 is 16.8 Å².